The minimum atomic E-state index is -0.104. The summed E-state index contributed by atoms with van der Waals surface area (Å²) in [7, 11) is 0. The minimum absolute atomic E-state index is 0.104. The summed E-state index contributed by atoms with van der Waals surface area (Å²) >= 11 is 0. The molecule has 1 fully saturated rings. The molecule has 0 spiro atoms. The van der Waals surface area contributed by atoms with Crippen LogP contribution in [0.3, 0.4) is 0 Å². The van der Waals surface area contributed by atoms with E-state index in [9.17, 15) is 4.79 Å². The molecule has 1 aliphatic heterocycles. The van der Waals surface area contributed by atoms with E-state index < -0.39 is 0 Å². The Bertz CT molecular complexity index is 1130. The second kappa shape index (κ2) is 8.16. The van der Waals surface area contributed by atoms with Gasteiger partial charge in [0.15, 0.2) is 17.6 Å². The van der Waals surface area contributed by atoms with Crippen LogP contribution in [0.15, 0.2) is 75.9 Å². The monoisotopic (exact) mass is 402 g/mol. The molecule has 5 rings (SSSR count). The maximum absolute atomic E-state index is 12.9. The van der Waals surface area contributed by atoms with Crippen molar-refractivity contribution in [2.75, 3.05) is 19.6 Å². The Morgan fingerprint density at radius 3 is 2.67 bits per heavy atom. The average molecular weight is 402 g/mol. The van der Waals surface area contributed by atoms with E-state index in [1.165, 1.54) is 17.7 Å². The molecule has 0 aliphatic carbocycles. The second-order valence-electron chi connectivity index (χ2n) is 7.75. The van der Waals surface area contributed by atoms with Crippen molar-refractivity contribution in [3.63, 3.8) is 0 Å². The van der Waals surface area contributed by atoms with Crippen molar-refractivity contribution in [3.8, 4) is 11.3 Å². The molecule has 1 amide bonds. The summed E-state index contributed by atoms with van der Waals surface area (Å²) in [6, 6.07) is 19.3. The largest absolute Gasteiger partial charge is 0.463 e. The molecule has 1 saturated heterocycles. The molecule has 30 heavy (non-hydrogen) atoms. The molecule has 0 unspecified atom stereocenters. The third-order valence-corrected chi connectivity index (χ3v) is 5.87. The van der Waals surface area contributed by atoms with E-state index in [4.69, 9.17) is 8.94 Å². The van der Waals surface area contributed by atoms with Crippen molar-refractivity contribution in [1.29, 1.82) is 0 Å². The van der Waals surface area contributed by atoms with E-state index in [-0.39, 0.29) is 11.9 Å². The number of carbonyl (C=O) groups is 1. The molecule has 0 bridgehead atoms. The summed E-state index contributed by atoms with van der Waals surface area (Å²) in [6.45, 7) is 2.75. The van der Waals surface area contributed by atoms with Gasteiger partial charge in [-0.05, 0) is 30.3 Å². The van der Waals surface area contributed by atoms with Gasteiger partial charge in [-0.3, -0.25) is 4.79 Å². The normalized spacial score (nSPS) is 15.5. The molecule has 6 nitrogen and oxygen atoms in total. The van der Waals surface area contributed by atoms with Gasteiger partial charge in [-0.25, -0.2) is 0 Å². The molecule has 3 heterocycles. The van der Waals surface area contributed by atoms with Crippen LogP contribution in [-0.2, 0) is 0 Å². The van der Waals surface area contributed by atoms with Crippen LogP contribution in [0.2, 0.25) is 0 Å². The first-order valence-electron chi connectivity index (χ1n) is 10.4. The summed E-state index contributed by atoms with van der Waals surface area (Å²) in [5, 5.41) is 8.08. The summed E-state index contributed by atoms with van der Waals surface area (Å²) in [5.41, 5.74) is 2.27. The number of furan rings is 1. The van der Waals surface area contributed by atoms with Crippen LogP contribution in [0.25, 0.3) is 22.2 Å². The third kappa shape index (κ3) is 3.62. The Balaban J connectivity index is 1.36. The second-order valence-corrected chi connectivity index (χ2v) is 7.75. The number of nitrogens with one attached hydrogen (secondary N) is 2. The zero-order chi connectivity index (χ0) is 20.3. The molecule has 1 atom stereocenters. The van der Waals surface area contributed by atoms with Gasteiger partial charge in [0.05, 0.1) is 31.3 Å². The summed E-state index contributed by atoms with van der Waals surface area (Å²) in [5.74, 6) is 1.50. The Hall–Kier alpha value is -3.38. The molecule has 6 heteroatoms. The van der Waals surface area contributed by atoms with Gasteiger partial charge >= 0.3 is 0 Å². The topological polar surface area (TPSA) is 72.7 Å². The van der Waals surface area contributed by atoms with Crippen molar-refractivity contribution < 1.29 is 18.6 Å². The number of hydrogen-bond donors (Lipinski definition) is 2. The van der Waals surface area contributed by atoms with Gasteiger partial charge in [0.2, 0.25) is 0 Å². The molecule has 0 saturated carbocycles. The number of quaternary nitrogens is 1. The van der Waals surface area contributed by atoms with E-state index in [2.05, 4.69) is 10.5 Å². The van der Waals surface area contributed by atoms with Crippen molar-refractivity contribution in [2.45, 2.75) is 18.9 Å². The standard InChI is InChI=1S/C24H23N3O3/c28-24(25-16-21(22-9-6-14-29-22)27-12-4-5-13-27)18-10-11-20-19(15-18)23(30-26-20)17-7-2-1-3-8-17/h1-3,6-11,14-15,21H,4-5,12-13,16H2,(H,25,28)/p+1/t21-/m0/s1. The van der Waals surface area contributed by atoms with Gasteiger partial charge in [-0.1, -0.05) is 35.5 Å². The highest BCUT2D eigenvalue weighted by Crippen LogP contribution is 2.29. The Labute approximate surface area is 174 Å². The van der Waals surface area contributed by atoms with E-state index in [0.29, 0.717) is 17.9 Å². The predicted molar refractivity (Wildman–Crippen MR) is 113 cm³/mol. The van der Waals surface area contributed by atoms with Crippen LogP contribution in [0.5, 0.6) is 0 Å². The van der Waals surface area contributed by atoms with E-state index in [0.717, 1.165) is 35.3 Å². The summed E-state index contributed by atoms with van der Waals surface area (Å²) < 4.78 is 11.2. The molecule has 0 radical (unpaired) electrons. The highest BCUT2D eigenvalue weighted by atomic mass is 16.5. The van der Waals surface area contributed by atoms with E-state index in [1.807, 2.05) is 54.6 Å². The molecule has 1 aliphatic rings. The van der Waals surface area contributed by atoms with Gasteiger partial charge in [0.1, 0.15) is 5.52 Å². The Morgan fingerprint density at radius 2 is 1.90 bits per heavy atom. The molecular formula is C24H24N3O3+. The maximum Gasteiger partial charge on any atom is 0.251 e. The number of likely N-dealkylation sites (tertiary alicyclic amines) is 1. The van der Waals surface area contributed by atoms with Gasteiger partial charge in [-0.15, -0.1) is 0 Å². The third-order valence-electron chi connectivity index (χ3n) is 5.87. The van der Waals surface area contributed by atoms with Crippen LogP contribution >= 0.6 is 0 Å². The molecule has 2 aromatic heterocycles. The van der Waals surface area contributed by atoms with Gasteiger partial charge in [0, 0.05) is 24.0 Å². The first-order chi connectivity index (χ1) is 14.8. The van der Waals surface area contributed by atoms with Gasteiger partial charge in [-0.2, -0.15) is 0 Å². The lowest BCUT2D eigenvalue weighted by molar-refractivity contribution is -0.919. The Morgan fingerprint density at radius 1 is 1.07 bits per heavy atom. The fourth-order valence-corrected chi connectivity index (χ4v) is 4.29. The Kier molecular flexibility index (Phi) is 5.07. The van der Waals surface area contributed by atoms with Gasteiger partial charge in [0.25, 0.3) is 5.91 Å². The first kappa shape index (κ1) is 18.6. The number of aromatic nitrogens is 1. The number of fused-ring (bicyclic) bond motifs is 1. The van der Waals surface area contributed by atoms with Crippen LogP contribution in [-0.4, -0.2) is 30.7 Å². The number of amides is 1. The molecular weight excluding hydrogens is 378 g/mol. The number of benzene rings is 2. The zero-order valence-corrected chi connectivity index (χ0v) is 16.6. The fraction of sp³-hybridized carbons (Fsp3) is 0.250. The highest BCUT2D eigenvalue weighted by Gasteiger charge is 2.30. The first-order valence-corrected chi connectivity index (χ1v) is 10.4. The zero-order valence-electron chi connectivity index (χ0n) is 16.6. The SMILES string of the molecule is O=C(NC[C@@H](c1ccco1)[NH+]1CCCC1)c1ccc2noc(-c3ccccc3)c2c1. The quantitative estimate of drug-likeness (QED) is 0.519. The molecule has 2 aromatic carbocycles. The van der Waals surface area contributed by atoms with Crippen molar-refractivity contribution in [1.82, 2.24) is 10.5 Å². The number of carbonyl (C=O) groups excluding carboxylic acids is 1. The lowest BCUT2D eigenvalue weighted by Gasteiger charge is -2.23. The van der Waals surface area contributed by atoms with Crippen molar-refractivity contribution >= 4 is 16.8 Å². The summed E-state index contributed by atoms with van der Waals surface area (Å²) in [4.78, 5) is 14.4. The fourth-order valence-electron chi connectivity index (χ4n) is 4.29. The average Bonchev–Trinajstić information content (AvgIpc) is 3.56. The smallest absolute Gasteiger partial charge is 0.251 e. The number of nitrogens with zero attached hydrogens (tertiary/aromatic N) is 1. The van der Waals surface area contributed by atoms with Crippen molar-refractivity contribution in [3.05, 3.63) is 78.3 Å². The van der Waals surface area contributed by atoms with Crippen molar-refractivity contribution in [2.24, 2.45) is 0 Å². The molecule has 4 aromatic rings. The number of hydrogen-bond acceptors (Lipinski definition) is 4. The van der Waals surface area contributed by atoms with E-state index >= 15 is 0 Å². The van der Waals surface area contributed by atoms with Crippen LogP contribution < -0.4 is 10.2 Å². The van der Waals surface area contributed by atoms with Crippen LogP contribution in [0.1, 0.15) is 35.0 Å². The predicted octanol–water partition coefficient (Wildman–Crippen LogP) is 3.24. The van der Waals surface area contributed by atoms with Crippen LogP contribution in [0.4, 0.5) is 0 Å². The lowest BCUT2D eigenvalue weighted by Crippen LogP contribution is -3.11. The van der Waals surface area contributed by atoms with Crippen LogP contribution in [0, 0.1) is 0 Å². The molecule has 2 N–H and O–H groups in total. The number of rotatable bonds is 6. The summed E-state index contributed by atoms with van der Waals surface area (Å²) in [6.07, 6.45) is 4.13. The highest BCUT2D eigenvalue weighted by molar-refractivity contribution is 6.00. The maximum atomic E-state index is 12.9. The van der Waals surface area contributed by atoms with Gasteiger partial charge < -0.3 is 19.2 Å². The lowest BCUT2D eigenvalue weighted by atomic mass is 10.1. The molecule has 152 valence electrons. The minimum Gasteiger partial charge on any atom is -0.463 e. The van der Waals surface area contributed by atoms with E-state index in [1.54, 1.807) is 12.3 Å².